The van der Waals surface area contributed by atoms with Crippen molar-refractivity contribution in [2.75, 3.05) is 39.4 Å². The van der Waals surface area contributed by atoms with Crippen molar-refractivity contribution in [2.45, 2.75) is 6.92 Å². The highest BCUT2D eigenvalue weighted by atomic mass is 35.5. The molecule has 0 saturated carbocycles. The average Bonchev–Trinajstić information content (AvgIpc) is 2.80. The first-order valence-electron chi connectivity index (χ1n) is 10.5. The van der Waals surface area contributed by atoms with Crippen LogP contribution in [-0.4, -0.2) is 55.2 Å². The van der Waals surface area contributed by atoms with Crippen LogP contribution in [0.25, 0.3) is 22.4 Å². The normalized spacial score (nSPS) is 14.4. The van der Waals surface area contributed by atoms with Crippen LogP contribution in [0.2, 0.25) is 5.02 Å². The highest BCUT2D eigenvalue weighted by Crippen LogP contribution is 2.34. The third kappa shape index (κ3) is 5.13. The van der Waals surface area contributed by atoms with E-state index >= 15 is 0 Å². The van der Waals surface area contributed by atoms with Gasteiger partial charge >= 0.3 is 0 Å². The van der Waals surface area contributed by atoms with E-state index < -0.39 is 0 Å². The molecule has 2 heterocycles. The molecule has 1 aromatic heterocycles. The molecule has 4 rings (SSSR count). The number of nitrogens with zero attached hydrogens (tertiary/aromatic N) is 2. The van der Waals surface area contributed by atoms with E-state index in [4.69, 9.17) is 21.3 Å². The number of halogens is 1. The largest absolute Gasteiger partial charge is 0.379 e. The van der Waals surface area contributed by atoms with Crippen molar-refractivity contribution in [1.29, 1.82) is 0 Å². The van der Waals surface area contributed by atoms with Crippen molar-refractivity contribution in [2.24, 2.45) is 0 Å². The highest BCUT2D eigenvalue weighted by Gasteiger charge is 2.20. The Morgan fingerprint density at radius 1 is 1.06 bits per heavy atom. The summed E-state index contributed by atoms with van der Waals surface area (Å²) < 4.78 is 5.39. The Hall–Kier alpha value is -2.73. The molecular formula is C25H26ClN3O2. The molecule has 1 N–H and O–H groups in total. The maximum atomic E-state index is 13.2. The van der Waals surface area contributed by atoms with E-state index in [1.165, 1.54) is 0 Å². The Morgan fingerprint density at radius 2 is 1.77 bits per heavy atom. The van der Waals surface area contributed by atoms with Crippen LogP contribution in [0.15, 0.2) is 60.7 Å². The summed E-state index contributed by atoms with van der Waals surface area (Å²) in [5, 5.41) is 3.68. The molecule has 0 radical (unpaired) electrons. The standard InChI is InChI=1S/C25H26ClN3O2/c1-18-24(25(30)27-11-12-29-13-15-31-16-14-29)21(20-9-5-6-10-22(20)26)17-23(28-18)19-7-3-2-4-8-19/h2-10,17H,11-16H2,1H3,(H,27,30). The van der Waals surface area contributed by atoms with E-state index in [-0.39, 0.29) is 5.91 Å². The second-order valence-corrected chi connectivity index (χ2v) is 7.98. The summed E-state index contributed by atoms with van der Waals surface area (Å²) in [6.45, 7) is 6.53. The maximum absolute atomic E-state index is 13.2. The molecule has 0 atom stereocenters. The Morgan fingerprint density at radius 3 is 2.52 bits per heavy atom. The van der Waals surface area contributed by atoms with E-state index in [9.17, 15) is 4.79 Å². The lowest BCUT2D eigenvalue weighted by Crippen LogP contribution is -2.41. The van der Waals surface area contributed by atoms with Gasteiger partial charge in [-0.2, -0.15) is 0 Å². The summed E-state index contributed by atoms with van der Waals surface area (Å²) in [7, 11) is 0. The van der Waals surface area contributed by atoms with Crippen molar-refractivity contribution in [3.63, 3.8) is 0 Å². The first-order chi connectivity index (χ1) is 15.1. The summed E-state index contributed by atoms with van der Waals surface area (Å²) in [4.78, 5) is 20.3. The van der Waals surface area contributed by atoms with Gasteiger partial charge in [0.05, 0.1) is 30.2 Å². The summed E-state index contributed by atoms with van der Waals surface area (Å²) >= 11 is 6.52. The van der Waals surface area contributed by atoms with Crippen molar-refractivity contribution >= 4 is 17.5 Å². The van der Waals surface area contributed by atoms with E-state index in [0.29, 0.717) is 22.8 Å². The maximum Gasteiger partial charge on any atom is 0.253 e. The Labute approximate surface area is 188 Å². The summed E-state index contributed by atoms with van der Waals surface area (Å²) in [5.74, 6) is -0.132. The quantitative estimate of drug-likeness (QED) is 0.622. The number of hydrogen-bond acceptors (Lipinski definition) is 4. The number of rotatable bonds is 6. The van der Waals surface area contributed by atoms with Crippen LogP contribution in [0.4, 0.5) is 0 Å². The monoisotopic (exact) mass is 435 g/mol. The lowest BCUT2D eigenvalue weighted by atomic mass is 9.96. The molecule has 0 spiro atoms. The zero-order valence-corrected chi connectivity index (χ0v) is 18.4. The summed E-state index contributed by atoms with van der Waals surface area (Å²) in [6.07, 6.45) is 0. The van der Waals surface area contributed by atoms with Gasteiger partial charge in [0.15, 0.2) is 0 Å². The zero-order valence-electron chi connectivity index (χ0n) is 17.6. The topological polar surface area (TPSA) is 54.5 Å². The molecule has 0 aliphatic carbocycles. The third-order valence-corrected chi connectivity index (χ3v) is 5.81. The van der Waals surface area contributed by atoms with Crippen LogP contribution in [0.1, 0.15) is 16.1 Å². The molecule has 1 amide bonds. The molecule has 2 aromatic carbocycles. The molecule has 1 fully saturated rings. The Bertz CT molecular complexity index is 1050. The number of carbonyl (C=O) groups is 1. The molecule has 5 nitrogen and oxygen atoms in total. The third-order valence-electron chi connectivity index (χ3n) is 5.48. The lowest BCUT2D eigenvalue weighted by molar-refractivity contribution is 0.0383. The number of morpholine rings is 1. The molecule has 1 aliphatic rings. The molecule has 31 heavy (non-hydrogen) atoms. The number of carbonyl (C=O) groups excluding carboxylic acids is 1. The Balaban J connectivity index is 1.65. The van der Waals surface area contributed by atoms with E-state index in [2.05, 4.69) is 10.2 Å². The van der Waals surface area contributed by atoms with Crippen molar-refractivity contribution in [1.82, 2.24) is 15.2 Å². The predicted octanol–water partition coefficient (Wildman–Crippen LogP) is 4.44. The van der Waals surface area contributed by atoms with Gasteiger partial charge in [-0.05, 0) is 24.6 Å². The first-order valence-corrected chi connectivity index (χ1v) is 10.9. The van der Waals surface area contributed by atoms with Gasteiger partial charge in [-0.3, -0.25) is 14.7 Å². The minimum atomic E-state index is -0.132. The Kier molecular flexibility index (Phi) is 6.97. The van der Waals surface area contributed by atoms with Gasteiger partial charge in [0.2, 0.25) is 0 Å². The molecule has 0 bridgehead atoms. The summed E-state index contributed by atoms with van der Waals surface area (Å²) in [6, 6.07) is 19.5. The van der Waals surface area contributed by atoms with Crippen LogP contribution in [0.3, 0.4) is 0 Å². The van der Waals surface area contributed by atoms with Crippen LogP contribution in [-0.2, 0) is 4.74 Å². The van der Waals surface area contributed by atoms with Crippen molar-refractivity contribution in [3.8, 4) is 22.4 Å². The van der Waals surface area contributed by atoms with E-state index in [1.807, 2.05) is 67.6 Å². The SMILES string of the molecule is Cc1nc(-c2ccccc2)cc(-c2ccccc2Cl)c1C(=O)NCCN1CCOCC1. The van der Waals surface area contributed by atoms with Crippen LogP contribution < -0.4 is 5.32 Å². The highest BCUT2D eigenvalue weighted by molar-refractivity contribution is 6.33. The second kappa shape index (κ2) is 10.1. The number of amides is 1. The van der Waals surface area contributed by atoms with Gasteiger partial charge in [-0.1, -0.05) is 60.1 Å². The molecule has 1 saturated heterocycles. The number of aromatic nitrogens is 1. The number of pyridine rings is 1. The molecule has 0 unspecified atom stereocenters. The average molecular weight is 436 g/mol. The molecular weight excluding hydrogens is 410 g/mol. The van der Waals surface area contributed by atoms with Gasteiger partial charge in [0, 0.05) is 42.3 Å². The molecule has 160 valence electrons. The van der Waals surface area contributed by atoms with Crippen molar-refractivity contribution in [3.05, 3.63) is 76.9 Å². The van der Waals surface area contributed by atoms with Gasteiger partial charge in [0.25, 0.3) is 5.91 Å². The number of aryl methyl sites for hydroxylation is 1. The van der Waals surface area contributed by atoms with E-state index in [1.54, 1.807) is 0 Å². The van der Waals surface area contributed by atoms with Crippen molar-refractivity contribution < 1.29 is 9.53 Å². The fourth-order valence-electron chi connectivity index (χ4n) is 3.85. The minimum Gasteiger partial charge on any atom is -0.379 e. The van der Waals surface area contributed by atoms with Gasteiger partial charge in [-0.25, -0.2) is 0 Å². The molecule has 6 heteroatoms. The first kappa shape index (κ1) is 21.5. The molecule has 1 aliphatic heterocycles. The number of hydrogen-bond donors (Lipinski definition) is 1. The van der Waals surface area contributed by atoms with Crippen LogP contribution in [0, 0.1) is 6.92 Å². The fraction of sp³-hybridized carbons (Fsp3) is 0.280. The lowest BCUT2D eigenvalue weighted by Gasteiger charge is -2.26. The minimum absolute atomic E-state index is 0.132. The molecule has 3 aromatic rings. The predicted molar refractivity (Wildman–Crippen MR) is 124 cm³/mol. The van der Waals surface area contributed by atoms with Crippen LogP contribution in [0.5, 0.6) is 0 Å². The van der Waals surface area contributed by atoms with Gasteiger partial charge < -0.3 is 10.1 Å². The second-order valence-electron chi connectivity index (χ2n) is 7.57. The number of ether oxygens (including phenoxy) is 1. The van der Waals surface area contributed by atoms with E-state index in [0.717, 1.165) is 55.2 Å². The smallest absolute Gasteiger partial charge is 0.253 e. The summed E-state index contributed by atoms with van der Waals surface area (Å²) in [5.41, 5.74) is 4.68. The fourth-order valence-corrected chi connectivity index (χ4v) is 4.09. The van der Waals surface area contributed by atoms with Gasteiger partial charge in [0.1, 0.15) is 0 Å². The number of benzene rings is 2. The van der Waals surface area contributed by atoms with Gasteiger partial charge in [-0.15, -0.1) is 0 Å². The van der Waals surface area contributed by atoms with Crippen LogP contribution >= 0.6 is 11.6 Å². The zero-order chi connectivity index (χ0) is 21.6. The number of nitrogens with one attached hydrogen (secondary N) is 1.